The largest absolute Gasteiger partial charge is 0.378 e. The molecule has 4 rings (SSSR count). The molecule has 2 aromatic heterocycles. The molecular weight excluding hydrogens is 440 g/mol. The molecule has 4 aromatic rings. The normalized spacial score (nSPS) is 11.7. The molecule has 2 aromatic carbocycles. The van der Waals surface area contributed by atoms with Crippen molar-refractivity contribution in [1.29, 1.82) is 0 Å². The summed E-state index contributed by atoms with van der Waals surface area (Å²) in [5, 5.41) is 19.5. The quantitative estimate of drug-likeness (QED) is 0.232. The number of nitrogen functional groups attached to an aromatic ring is 1. The lowest BCUT2D eigenvalue weighted by Gasteiger charge is -2.05. The van der Waals surface area contributed by atoms with Gasteiger partial charge in [0.25, 0.3) is 5.91 Å². The van der Waals surface area contributed by atoms with Crippen molar-refractivity contribution in [2.45, 2.75) is 17.6 Å². The molecule has 33 heavy (non-hydrogen) atoms. The molecule has 0 aliphatic carbocycles. The molecule has 0 spiro atoms. The van der Waals surface area contributed by atoms with E-state index in [0.717, 1.165) is 16.0 Å². The zero-order valence-corrected chi connectivity index (χ0v) is 18.4. The van der Waals surface area contributed by atoms with Gasteiger partial charge in [0, 0.05) is 10.6 Å². The summed E-state index contributed by atoms with van der Waals surface area (Å²) in [6, 6.07) is 19.6. The highest BCUT2D eigenvalue weighted by atomic mass is 32.2. The first-order valence-electron chi connectivity index (χ1n) is 9.89. The number of anilines is 1. The van der Waals surface area contributed by atoms with E-state index in [1.807, 2.05) is 73.7 Å². The van der Waals surface area contributed by atoms with Crippen LogP contribution in [0.15, 0.2) is 80.9 Å². The average Bonchev–Trinajstić information content (AvgIpc) is 3.44. The highest BCUT2D eigenvalue weighted by molar-refractivity contribution is 7.98. The minimum atomic E-state index is -0.510. The first-order valence-corrected chi connectivity index (χ1v) is 10.9. The molecule has 0 saturated carbocycles. The van der Waals surface area contributed by atoms with Crippen LogP contribution in [0.25, 0.3) is 11.9 Å². The summed E-state index contributed by atoms with van der Waals surface area (Å²) in [6.45, 7) is 1.89. The molecule has 3 N–H and O–H groups in total. The van der Waals surface area contributed by atoms with Crippen LogP contribution in [0.4, 0.5) is 5.82 Å². The molecule has 166 valence electrons. The van der Waals surface area contributed by atoms with Gasteiger partial charge < -0.3 is 5.73 Å². The Balaban J connectivity index is 1.53. The van der Waals surface area contributed by atoms with Gasteiger partial charge in [0.2, 0.25) is 11.6 Å². The minimum Gasteiger partial charge on any atom is -0.378 e. The average molecular weight is 461 g/mol. The lowest BCUT2D eigenvalue weighted by atomic mass is 10.1. The number of amides is 1. The Labute approximate surface area is 193 Å². The van der Waals surface area contributed by atoms with Gasteiger partial charge >= 0.3 is 0 Å². The summed E-state index contributed by atoms with van der Waals surface area (Å²) >= 11 is 1.51. The Bertz CT molecular complexity index is 1280. The first-order chi connectivity index (χ1) is 16.1. The highest BCUT2D eigenvalue weighted by Gasteiger charge is 2.23. The van der Waals surface area contributed by atoms with Crippen molar-refractivity contribution in [3.8, 4) is 5.82 Å². The van der Waals surface area contributed by atoms with Crippen LogP contribution < -0.4 is 11.2 Å². The van der Waals surface area contributed by atoms with E-state index >= 15 is 0 Å². The summed E-state index contributed by atoms with van der Waals surface area (Å²) in [6.07, 6.45) is 3.52. The number of thioether (sulfide) groups is 1. The number of hydrogen-bond donors (Lipinski definition) is 2. The van der Waals surface area contributed by atoms with Crippen LogP contribution in [0.2, 0.25) is 0 Å². The van der Waals surface area contributed by atoms with E-state index in [1.54, 1.807) is 6.21 Å². The first kappa shape index (κ1) is 22.0. The number of allylic oxidation sites excluding steroid dienone is 1. The number of hydrazone groups is 1. The predicted octanol–water partition coefficient (Wildman–Crippen LogP) is 3.34. The van der Waals surface area contributed by atoms with Gasteiger partial charge in [-0.3, -0.25) is 4.79 Å². The van der Waals surface area contributed by atoms with Crippen LogP contribution in [0.5, 0.6) is 0 Å². The second-order valence-corrected chi connectivity index (χ2v) is 7.92. The van der Waals surface area contributed by atoms with Gasteiger partial charge in [-0.15, -0.1) is 16.9 Å². The standard InChI is InChI=1S/C22H20N8O2S/c1-15(12-16-8-4-2-5-9-16)13-24-26-22(31)19-18(14-33-17-10-6-3-7-11-17)30(29-25-19)21-20(23)27-32-28-21/h2-13H,14H2,1H3,(H2,23,27)(H,26,31)/b15-12?,24-13-. The van der Waals surface area contributed by atoms with E-state index in [9.17, 15) is 4.79 Å². The van der Waals surface area contributed by atoms with Crippen molar-refractivity contribution < 1.29 is 9.42 Å². The molecule has 0 atom stereocenters. The molecule has 1 amide bonds. The minimum absolute atomic E-state index is 0.0394. The number of aromatic nitrogens is 5. The van der Waals surface area contributed by atoms with E-state index in [2.05, 4.69) is 35.8 Å². The monoisotopic (exact) mass is 460 g/mol. The fourth-order valence-electron chi connectivity index (χ4n) is 2.88. The van der Waals surface area contributed by atoms with Crippen molar-refractivity contribution in [2.75, 3.05) is 5.73 Å². The smallest absolute Gasteiger partial charge is 0.293 e. The van der Waals surface area contributed by atoms with Gasteiger partial charge in [0.15, 0.2) is 5.69 Å². The van der Waals surface area contributed by atoms with Crippen LogP contribution in [0.1, 0.15) is 28.7 Å². The van der Waals surface area contributed by atoms with Gasteiger partial charge in [-0.25, -0.2) is 10.1 Å². The van der Waals surface area contributed by atoms with Gasteiger partial charge in [-0.2, -0.15) is 9.78 Å². The van der Waals surface area contributed by atoms with Gasteiger partial charge in [0.1, 0.15) is 0 Å². The van der Waals surface area contributed by atoms with E-state index in [1.165, 1.54) is 16.4 Å². The van der Waals surface area contributed by atoms with Crippen LogP contribution in [-0.2, 0) is 5.75 Å². The lowest BCUT2D eigenvalue weighted by Crippen LogP contribution is -2.20. The SMILES string of the molecule is CC(=Cc1ccccc1)/C=N\NC(=O)c1nnn(-c2nonc2N)c1CSc1ccccc1. The third-order valence-corrected chi connectivity index (χ3v) is 5.44. The molecule has 10 nitrogen and oxygen atoms in total. The number of carbonyl (C=O) groups excluding carboxylic acids is 1. The van der Waals surface area contributed by atoms with Gasteiger partial charge in [-0.05, 0) is 40.5 Å². The molecule has 0 bridgehead atoms. The number of nitrogens with one attached hydrogen (secondary N) is 1. The third kappa shape index (κ3) is 5.52. The van der Waals surface area contributed by atoms with Crippen LogP contribution >= 0.6 is 11.8 Å². The topological polar surface area (TPSA) is 137 Å². The number of rotatable bonds is 8. The summed E-state index contributed by atoms with van der Waals surface area (Å²) in [5.41, 5.74) is 10.8. The summed E-state index contributed by atoms with van der Waals surface area (Å²) < 4.78 is 6.02. The molecule has 2 heterocycles. The number of benzene rings is 2. The lowest BCUT2D eigenvalue weighted by molar-refractivity contribution is 0.0949. The molecule has 0 saturated heterocycles. The van der Waals surface area contributed by atoms with Gasteiger partial charge in [0.05, 0.1) is 11.9 Å². The second-order valence-electron chi connectivity index (χ2n) is 6.87. The van der Waals surface area contributed by atoms with Crippen LogP contribution in [0, 0.1) is 0 Å². The summed E-state index contributed by atoms with van der Waals surface area (Å²) in [5.74, 6) is 0.0690. The number of hydrogen-bond acceptors (Lipinski definition) is 9. The third-order valence-electron chi connectivity index (χ3n) is 4.42. The predicted molar refractivity (Wildman–Crippen MR) is 126 cm³/mol. The van der Waals surface area contributed by atoms with Crippen LogP contribution in [0.3, 0.4) is 0 Å². The number of carbonyl (C=O) groups is 1. The van der Waals surface area contributed by atoms with Crippen molar-refractivity contribution >= 4 is 35.8 Å². The maximum Gasteiger partial charge on any atom is 0.293 e. The zero-order chi connectivity index (χ0) is 23.0. The number of nitrogens with two attached hydrogens (primary N) is 1. The maximum atomic E-state index is 12.8. The van der Waals surface area contributed by atoms with E-state index in [0.29, 0.717) is 11.4 Å². The van der Waals surface area contributed by atoms with Crippen molar-refractivity contribution in [1.82, 2.24) is 30.7 Å². The Hall–Kier alpha value is -4.25. The maximum absolute atomic E-state index is 12.8. The van der Waals surface area contributed by atoms with E-state index in [-0.39, 0.29) is 17.3 Å². The molecule has 0 unspecified atom stereocenters. The summed E-state index contributed by atoms with van der Waals surface area (Å²) in [7, 11) is 0. The second kappa shape index (κ2) is 10.4. The Morgan fingerprint density at radius 2 is 1.88 bits per heavy atom. The molecular formula is C22H20N8O2S. The molecule has 0 aliphatic heterocycles. The van der Waals surface area contributed by atoms with E-state index < -0.39 is 5.91 Å². The molecule has 0 radical (unpaired) electrons. The fourth-order valence-corrected chi connectivity index (χ4v) is 3.79. The number of nitrogens with zero attached hydrogens (tertiary/aromatic N) is 6. The molecule has 0 fully saturated rings. The van der Waals surface area contributed by atoms with Crippen LogP contribution in [-0.4, -0.2) is 37.4 Å². The zero-order valence-electron chi connectivity index (χ0n) is 17.6. The Morgan fingerprint density at radius 3 is 2.58 bits per heavy atom. The fraction of sp³-hybridized carbons (Fsp3) is 0.0909. The van der Waals surface area contributed by atoms with E-state index in [4.69, 9.17) is 5.73 Å². The molecule has 11 heteroatoms. The Morgan fingerprint density at radius 1 is 1.15 bits per heavy atom. The van der Waals surface area contributed by atoms with Crippen molar-refractivity contribution in [3.63, 3.8) is 0 Å². The summed E-state index contributed by atoms with van der Waals surface area (Å²) in [4.78, 5) is 13.8. The van der Waals surface area contributed by atoms with Crippen molar-refractivity contribution in [3.05, 3.63) is 83.2 Å². The Kier molecular flexibility index (Phi) is 6.90. The highest BCUT2D eigenvalue weighted by Crippen LogP contribution is 2.25. The molecule has 0 aliphatic rings. The van der Waals surface area contributed by atoms with Crippen molar-refractivity contribution in [2.24, 2.45) is 5.10 Å². The van der Waals surface area contributed by atoms with Gasteiger partial charge in [-0.1, -0.05) is 59.8 Å².